The van der Waals surface area contributed by atoms with Crippen LogP contribution < -0.4 is 4.74 Å². The van der Waals surface area contributed by atoms with Gasteiger partial charge in [0, 0.05) is 37.4 Å². The minimum absolute atomic E-state index is 0.189. The van der Waals surface area contributed by atoms with Gasteiger partial charge in [-0.3, -0.25) is 0 Å². The van der Waals surface area contributed by atoms with Crippen LogP contribution in [0.2, 0.25) is 5.02 Å². The maximum atomic E-state index is 12.1. The minimum Gasteiger partial charge on any atom is -0.486 e. The number of rotatable bonds is 0. The quantitative estimate of drug-likeness (QED) is 0.723. The molecule has 120 valence electrons. The Labute approximate surface area is 136 Å². The van der Waals surface area contributed by atoms with Gasteiger partial charge in [-0.15, -0.1) is 0 Å². The van der Waals surface area contributed by atoms with Crippen molar-refractivity contribution >= 4 is 17.7 Å². The summed E-state index contributed by atoms with van der Waals surface area (Å²) >= 11 is 6.03. The van der Waals surface area contributed by atoms with E-state index >= 15 is 0 Å². The van der Waals surface area contributed by atoms with Crippen LogP contribution in [0.3, 0.4) is 0 Å². The Morgan fingerprint density at radius 3 is 2.64 bits per heavy atom. The van der Waals surface area contributed by atoms with Gasteiger partial charge in [0.2, 0.25) is 0 Å². The van der Waals surface area contributed by atoms with Crippen molar-refractivity contribution in [3.63, 3.8) is 0 Å². The van der Waals surface area contributed by atoms with Crippen LogP contribution in [0.5, 0.6) is 5.75 Å². The molecule has 0 radical (unpaired) electrons. The number of halogens is 1. The Balaban J connectivity index is 1.62. The van der Waals surface area contributed by atoms with Crippen LogP contribution in [-0.4, -0.2) is 35.3 Å². The highest BCUT2D eigenvalue weighted by molar-refractivity contribution is 6.30. The summed E-state index contributed by atoms with van der Waals surface area (Å²) in [5.74, 6) is 0.887. The molecule has 1 saturated heterocycles. The molecule has 0 N–H and O–H groups in total. The second-order valence-corrected chi connectivity index (χ2v) is 7.62. The molecule has 1 aromatic rings. The molecule has 3 rings (SSSR count). The van der Waals surface area contributed by atoms with Gasteiger partial charge in [0.15, 0.2) is 0 Å². The number of carbonyl (C=O) groups is 1. The Kier molecular flexibility index (Phi) is 3.76. The first-order valence-corrected chi connectivity index (χ1v) is 8.10. The molecule has 1 spiro atoms. The molecule has 0 unspecified atom stereocenters. The van der Waals surface area contributed by atoms with Gasteiger partial charge in [-0.2, -0.15) is 0 Å². The topological polar surface area (TPSA) is 38.8 Å². The lowest BCUT2D eigenvalue weighted by Crippen LogP contribution is -2.50. The first kappa shape index (κ1) is 15.5. The summed E-state index contributed by atoms with van der Waals surface area (Å²) < 4.78 is 11.6. The van der Waals surface area contributed by atoms with E-state index < -0.39 is 5.60 Å². The Hall–Kier alpha value is -1.42. The summed E-state index contributed by atoms with van der Waals surface area (Å²) in [6, 6.07) is 5.82. The van der Waals surface area contributed by atoms with E-state index in [1.165, 1.54) is 5.56 Å². The number of hydrogen-bond donors (Lipinski definition) is 0. The van der Waals surface area contributed by atoms with Crippen molar-refractivity contribution < 1.29 is 14.3 Å². The van der Waals surface area contributed by atoms with Crippen LogP contribution in [0.1, 0.15) is 39.2 Å². The fourth-order valence-corrected chi connectivity index (χ4v) is 3.25. The number of ether oxygens (including phenoxy) is 2. The summed E-state index contributed by atoms with van der Waals surface area (Å²) in [4.78, 5) is 13.9. The molecule has 1 fully saturated rings. The van der Waals surface area contributed by atoms with E-state index in [9.17, 15) is 4.79 Å². The van der Waals surface area contributed by atoms with Crippen molar-refractivity contribution in [3.8, 4) is 5.75 Å². The van der Waals surface area contributed by atoms with Crippen LogP contribution in [0.25, 0.3) is 0 Å². The molecule has 2 aliphatic heterocycles. The summed E-state index contributed by atoms with van der Waals surface area (Å²) in [5, 5.41) is 0.696. The molecular weight excluding hydrogens is 302 g/mol. The van der Waals surface area contributed by atoms with E-state index in [0.717, 1.165) is 25.0 Å². The standard InChI is InChI=1S/C17H22ClNO3/c1-16(2,3)22-15(20)19-8-6-17(7-9-19)11-12-4-5-13(18)10-14(12)21-17/h4-5,10H,6-9,11H2,1-3H3. The van der Waals surface area contributed by atoms with E-state index in [2.05, 4.69) is 0 Å². The number of nitrogens with zero attached hydrogens (tertiary/aromatic N) is 1. The van der Waals surface area contributed by atoms with E-state index in [-0.39, 0.29) is 11.7 Å². The van der Waals surface area contributed by atoms with Crippen molar-refractivity contribution in [3.05, 3.63) is 28.8 Å². The average molecular weight is 324 g/mol. The number of benzene rings is 1. The van der Waals surface area contributed by atoms with Crippen molar-refractivity contribution in [1.82, 2.24) is 4.90 Å². The lowest BCUT2D eigenvalue weighted by Gasteiger charge is -2.39. The van der Waals surface area contributed by atoms with Gasteiger partial charge in [0.25, 0.3) is 0 Å². The van der Waals surface area contributed by atoms with Crippen molar-refractivity contribution in [2.24, 2.45) is 0 Å². The van der Waals surface area contributed by atoms with E-state index in [4.69, 9.17) is 21.1 Å². The van der Waals surface area contributed by atoms with Gasteiger partial charge < -0.3 is 14.4 Å². The molecule has 2 heterocycles. The zero-order valence-electron chi connectivity index (χ0n) is 13.3. The van der Waals surface area contributed by atoms with Crippen LogP contribution in [0.4, 0.5) is 4.79 Å². The number of hydrogen-bond acceptors (Lipinski definition) is 3. The monoisotopic (exact) mass is 323 g/mol. The summed E-state index contributed by atoms with van der Waals surface area (Å²) in [6.45, 7) is 6.98. The number of fused-ring (bicyclic) bond motifs is 1. The molecule has 0 saturated carbocycles. The van der Waals surface area contributed by atoms with Gasteiger partial charge in [-0.25, -0.2) is 4.79 Å². The molecule has 1 aromatic carbocycles. The maximum Gasteiger partial charge on any atom is 0.410 e. The Bertz CT molecular complexity index is 586. The summed E-state index contributed by atoms with van der Waals surface area (Å²) in [6.07, 6.45) is 2.29. The summed E-state index contributed by atoms with van der Waals surface area (Å²) in [5.41, 5.74) is 0.560. The minimum atomic E-state index is -0.455. The van der Waals surface area contributed by atoms with Gasteiger partial charge in [0.1, 0.15) is 17.0 Å². The van der Waals surface area contributed by atoms with Gasteiger partial charge >= 0.3 is 6.09 Å². The zero-order chi connectivity index (χ0) is 16.0. The summed E-state index contributed by atoms with van der Waals surface area (Å²) in [7, 11) is 0. The van der Waals surface area contributed by atoms with E-state index in [1.807, 2.05) is 39.0 Å². The number of amides is 1. The second-order valence-electron chi connectivity index (χ2n) is 7.18. The van der Waals surface area contributed by atoms with E-state index in [1.54, 1.807) is 4.90 Å². The molecule has 5 heteroatoms. The van der Waals surface area contributed by atoms with Crippen LogP contribution in [0.15, 0.2) is 18.2 Å². The number of carbonyl (C=O) groups excluding carboxylic acids is 1. The van der Waals surface area contributed by atoms with Gasteiger partial charge in [-0.1, -0.05) is 17.7 Å². The molecule has 0 aliphatic carbocycles. The third-order valence-electron chi connectivity index (χ3n) is 4.19. The molecule has 2 aliphatic rings. The van der Waals surface area contributed by atoms with E-state index in [0.29, 0.717) is 18.1 Å². The second kappa shape index (κ2) is 5.34. The van der Waals surface area contributed by atoms with Crippen LogP contribution in [-0.2, 0) is 11.2 Å². The molecular formula is C17H22ClNO3. The van der Waals surface area contributed by atoms with Crippen molar-refractivity contribution in [2.75, 3.05) is 13.1 Å². The number of piperidine rings is 1. The average Bonchev–Trinajstić information content (AvgIpc) is 2.74. The highest BCUT2D eigenvalue weighted by Gasteiger charge is 2.43. The fourth-order valence-electron chi connectivity index (χ4n) is 3.09. The Morgan fingerprint density at radius 2 is 2.00 bits per heavy atom. The fraction of sp³-hybridized carbons (Fsp3) is 0.588. The highest BCUT2D eigenvalue weighted by atomic mass is 35.5. The first-order chi connectivity index (χ1) is 10.3. The van der Waals surface area contributed by atoms with Crippen molar-refractivity contribution in [1.29, 1.82) is 0 Å². The van der Waals surface area contributed by atoms with Gasteiger partial charge in [-0.05, 0) is 38.5 Å². The molecule has 0 aromatic heterocycles. The predicted molar refractivity (Wildman–Crippen MR) is 85.6 cm³/mol. The smallest absolute Gasteiger partial charge is 0.410 e. The molecule has 4 nitrogen and oxygen atoms in total. The lowest BCUT2D eigenvalue weighted by molar-refractivity contribution is -0.00886. The van der Waals surface area contributed by atoms with Crippen LogP contribution >= 0.6 is 11.6 Å². The molecule has 1 amide bonds. The number of likely N-dealkylation sites (tertiary alicyclic amines) is 1. The maximum absolute atomic E-state index is 12.1. The molecule has 22 heavy (non-hydrogen) atoms. The third kappa shape index (κ3) is 3.17. The van der Waals surface area contributed by atoms with Crippen LogP contribution in [0, 0.1) is 0 Å². The predicted octanol–water partition coefficient (Wildman–Crippen LogP) is 4.04. The zero-order valence-corrected chi connectivity index (χ0v) is 14.1. The SMILES string of the molecule is CC(C)(C)OC(=O)N1CCC2(CC1)Cc1ccc(Cl)cc1O2. The highest BCUT2D eigenvalue weighted by Crippen LogP contribution is 2.42. The van der Waals surface area contributed by atoms with Crippen molar-refractivity contribution in [2.45, 2.75) is 51.2 Å². The third-order valence-corrected chi connectivity index (χ3v) is 4.43. The largest absolute Gasteiger partial charge is 0.486 e. The van der Waals surface area contributed by atoms with Gasteiger partial charge in [0.05, 0.1) is 0 Å². The Morgan fingerprint density at radius 1 is 1.32 bits per heavy atom. The molecule has 0 bridgehead atoms. The normalized spacial score (nSPS) is 19.7. The first-order valence-electron chi connectivity index (χ1n) is 7.72. The molecule has 0 atom stereocenters. The lowest BCUT2D eigenvalue weighted by atomic mass is 9.87.